The van der Waals surface area contributed by atoms with Crippen LogP contribution in [0.3, 0.4) is 0 Å². The van der Waals surface area contributed by atoms with Gasteiger partial charge in [-0.05, 0) is 0 Å². The van der Waals surface area contributed by atoms with Gasteiger partial charge in [0.05, 0.1) is 24.8 Å². The van der Waals surface area contributed by atoms with Gasteiger partial charge < -0.3 is 32.4 Å². The molecule has 0 aliphatic carbocycles. The normalized spacial score (nSPS) is 21.3. The zero-order chi connectivity index (χ0) is 12.0. The minimum Gasteiger partial charge on any atom is -1.00 e. The van der Waals surface area contributed by atoms with Crippen molar-refractivity contribution in [2.45, 2.75) is 12.2 Å². The lowest BCUT2D eigenvalue weighted by Crippen LogP contribution is -3.00. The van der Waals surface area contributed by atoms with Crippen molar-refractivity contribution in [3.8, 4) is 0 Å². The predicted molar refractivity (Wildman–Crippen MR) is 73.3 cm³/mol. The van der Waals surface area contributed by atoms with Crippen LogP contribution in [0.15, 0.2) is 0 Å². The Balaban J connectivity index is 0. The van der Waals surface area contributed by atoms with E-state index in [2.05, 4.69) is 5.32 Å². The maximum Gasteiger partial charge on any atom is 0.116 e. The van der Waals surface area contributed by atoms with Gasteiger partial charge in [0.25, 0.3) is 0 Å². The van der Waals surface area contributed by atoms with Crippen LogP contribution in [0.25, 0.3) is 0 Å². The molecular formula is C10H22Cl4N2O2. The molecule has 1 saturated heterocycles. The molecule has 8 heteroatoms. The summed E-state index contributed by atoms with van der Waals surface area (Å²) in [6.45, 7) is 4.82. The average molecular weight is 344 g/mol. The number of alkyl halides is 2. The van der Waals surface area contributed by atoms with Gasteiger partial charge >= 0.3 is 0 Å². The number of piperazine rings is 1. The van der Waals surface area contributed by atoms with E-state index in [1.165, 1.54) is 0 Å². The Morgan fingerprint density at radius 3 is 1.72 bits per heavy atom. The van der Waals surface area contributed by atoms with Gasteiger partial charge in [0, 0.05) is 13.1 Å². The Hall–Kier alpha value is 1.00. The Bertz CT molecular complexity index is 192. The van der Waals surface area contributed by atoms with E-state index in [9.17, 15) is 10.2 Å². The zero-order valence-corrected chi connectivity index (χ0v) is 13.3. The predicted octanol–water partition coefficient (Wildman–Crippen LogP) is -2.97. The molecule has 0 aromatic carbocycles. The number of halogens is 4. The SMILES string of the molecule is Cl.OC(CCl)C[N+]1(CC(O)CCl)CCNCC1.[Cl-]. The van der Waals surface area contributed by atoms with Crippen molar-refractivity contribution in [3.63, 3.8) is 0 Å². The number of aliphatic hydroxyl groups is 2. The number of aliphatic hydroxyl groups excluding tert-OH is 2. The molecule has 0 amide bonds. The molecule has 18 heavy (non-hydrogen) atoms. The number of quaternary nitrogens is 1. The zero-order valence-electron chi connectivity index (χ0n) is 10.2. The van der Waals surface area contributed by atoms with Crippen molar-refractivity contribution in [1.82, 2.24) is 5.32 Å². The molecule has 0 aromatic heterocycles. The fourth-order valence-electron chi connectivity index (χ4n) is 2.30. The lowest BCUT2D eigenvalue weighted by molar-refractivity contribution is -0.934. The van der Waals surface area contributed by atoms with E-state index in [4.69, 9.17) is 23.2 Å². The first-order valence-electron chi connectivity index (χ1n) is 5.66. The minimum atomic E-state index is -0.512. The van der Waals surface area contributed by atoms with Crippen LogP contribution in [0.1, 0.15) is 0 Å². The fourth-order valence-corrected chi connectivity index (χ4v) is 2.50. The highest BCUT2D eigenvalue weighted by molar-refractivity contribution is 6.18. The van der Waals surface area contributed by atoms with Crippen LogP contribution in [0, 0.1) is 0 Å². The number of rotatable bonds is 6. The number of hydrogen-bond donors (Lipinski definition) is 3. The van der Waals surface area contributed by atoms with Crippen molar-refractivity contribution in [1.29, 1.82) is 0 Å². The molecule has 0 radical (unpaired) electrons. The molecule has 112 valence electrons. The van der Waals surface area contributed by atoms with E-state index in [0.717, 1.165) is 26.2 Å². The fraction of sp³-hybridized carbons (Fsp3) is 1.00. The van der Waals surface area contributed by atoms with Gasteiger partial charge in [-0.3, -0.25) is 0 Å². The molecule has 1 fully saturated rings. The van der Waals surface area contributed by atoms with E-state index < -0.39 is 12.2 Å². The summed E-state index contributed by atoms with van der Waals surface area (Å²) in [5, 5.41) is 22.6. The standard InChI is InChI=1S/C10H21Cl2N2O2.2ClH/c11-5-9(15)7-14(8-10(16)6-12)3-1-13-2-4-14;;/h9-10,13,15-16H,1-8H2;2*1H/q+1;;/p-1. The Morgan fingerprint density at radius 2 is 1.39 bits per heavy atom. The quantitative estimate of drug-likeness (QED) is 0.357. The van der Waals surface area contributed by atoms with Gasteiger partial charge in [-0.15, -0.1) is 35.6 Å². The third-order valence-electron chi connectivity index (χ3n) is 3.08. The molecule has 0 saturated carbocycles. The van der Waals surface area contributed by atoms with Gasteiger partial charge in [0.15, 0.2) is 0 Å². The van der Waals surface area contributed by atoms with Gasteiger partial charge in [0.1, 0.15) is 25.3 Å². The molecular weight excluding hydrogens is 322 g/mol. The maximum absolute atomic E-state index is 9.68. The summed E-state index contributed by atoms with van der Waals surface area (Å²) in [5.41, 5.74) is 0. The Labute approximate surface area is 131 Å². The van der Waals surface area contributed by atoms with E-state index in [1.807, 2.05) is 0 Å². The lowest BCUT2D eigenvalue weighted by Gasteiger charge is -2.43. The molecule has 1 aliphatic rings. The third-order valence-corrected chi connectivity index (χ3v) is 3.79. The molecule has 0 aromatic rings. The van der Waals surface area contributed by atoms with E-state index in [-0.39, 0.29) is 36.6 Å². The van der Waals surface area contributed by atoms with E-state index >= 15 is 0 Å². The highest BCUT2D eigenvalue weighted by Gasteiger charge is 2.34. The highest BCUT2D eigenvalue weighted by atomic mass is 35.5. The molecule has 1 heterocycles. The summed E-state index contributed by atoms with van der Waals surface area (Å²) in [7, 11) is 0. The van der Waals surface area contributed by atoms with Crippen molar-refractivity contribution < 1.29 is 27.1 Å². The van der Waals surface area contributed by atoms with Gasteiger partial charge in [-0.1, -0.05) is 0 Å². The number of nitrogens with one attached hydrogen (secondary N) is 1. The lowest BCUT2D eigenvalue weighted by atomic mass is 10.2. The Morgan fingerprint density at radius 1 is 1.00 bits per heavy atom. The van der Waals surface area contributed by atoms with Crippen LogP contribution in [0.2, 0.25) is 0 Å². The molecule has 3 N–H and O–H groups in total. The molecule has 2 unspecified atom stereocenters. The summed E-state index contributed by atoms with van der Waals surface area (Å²) in [4.78, 5) is 0. The second-order valence-electron chi connectivity index (χ2n) is 4.52. The van der Waals surface area contributed by atoms with Crippen LogP contribution in [0.5, 0.6) is 0 Å². The monoisotopic (exact) mass is 342 g/mol. The summed E-state index contributed by atoms with van der Waals surface area (Å²) in [6, 6.07) is 0. The molecule has 4 nitrogen and oxygen atoms in total. The topological polar surface area (TPSA) is 52.5 Å². The number of hydrogen-bond acceptors (Lipinski definition) is 3. The van der Waals surface area contributed by atoms with Crippen molar-refractivity contribution in [2.75, 3.05) is 51.0 Å². The summed E-state index contributed by atoms with van der Waals surface area (Å²) in [6.07, 6.45) is -1.02. The summed E-state index contributed by atoms with van der Waals surface area (Å²) < 4.78 is 0.703. The van der Waals surface area contributed by atoms with E-state index in [1.54, 1.807) is 0 Å². The molecule has 1 rings (SSSR count). The maximum atomic E-state index is 9.68. The van der Waals surface area contributed by atoms with Crippen LogP contribution in [0.4, 0.5) is 0 Å². The average Bonchev–Trinajstić information content (AvgIpc) is 2.29. The highest BCUT2D eigenvalue weighted by Crippen LogP contribution is 2.13. The van der Waals surface area contributed by atoms with E-state index in [0.29, 0.717) is 17.6 Å². The molecule has 2 atom stereocenters. The van der Waals surface area contributed by atoms with Crippen molar-refractivity contribution in [2.24, 2.45) is 0 Å². The van der Waals surface area contributed by atoms with Gasteiger partial charge in [-0.2, -0.15) is 0 Å². The van der Waals surface area contributed by atoms with Crippen molar-refractivity contribution in [3.05, 3.63) is 0 Å². The Kier molecular flexibility index (Phi) is 12.7. The first kappa shape index (κ1) is 21.3. The van der Waals surface area contributed by atoms with Crippen LogP contribution in [-0.2, 0) is 0 Å². The molecule has 0 spiro atoms. The second kappa shape index (κ2) is 10.7. The van der Waals surface area contributed by atoms with Gasteiger partial charge in [0.2, 0.25) is 0 Å². The summed E-state index contributed by atoms with van der Waals surface area (Å²) >= 11 is 11.3. The van der Waals surface area contributed by atoms with Crippen LogP contribution >= 0.6 is 35.6 Å². The molecule has 0 bridgehead atoms. The van der Waals surface area contributed by atoms with Gasteiger partial charge in [-0.25, -0.2) is 0 Å². The van der Waals surface area contributed by atoms with Crippen molar-refractivity contribution >= 4 is 35.6 Å². The first-order valence-corrected chi connectivity index (χ1v) is 6.72. The minimum absolute atomic E-state index is 0. The third kappa shape index (κ3) is 6.96. The summed E-state index contributed by atoms with van der Waals surface area (Å²) in [5.74, 6) is 0.481. The second-order valence-corrected chi connectivity index (χ2v) is 5.14. The first-order chi connectivity index (χ1) is 7.62. The smallest absolute Gasteiger partial charge is 0.116 e. The van der Waals surface area contributed by atoms with Crippen LogP contribution < -0.4 is 17.7 Å². The number of nitrogens with zero attached hydrogens (tertiary/aromatic N) is 1. The largest absolute Gasteiger partial charge is 1.00 e. The van der Waals surface area contributed by atoms with Crippen LogP contribution in [-0.4, -0.2) is 77.9 Å². The molecule has 1 aliphatic heterocycles.